The summed E-state index contributed by atoms with van der Waals surface area (Å²) in [6, 6.07) is 0. The first-order chi connectivity index (χ1) is 7.32. The van der Waals surface area contributed by atoms with Gasteiger partial charge in [-0.25, -0.2) is 0 Å². The Hall–Kier alpha value is -0.610. The fraction of sp³-hybridized carbons (Fsp3) is 0.917. The van der Waals surface area contributed by atoms with Crippen molar-refractivity contribution in [2.75, 3.05) is 14.2 Å². The number of esters is 1. The molecule has 1 rings (SSSR count). The summed E-state index contributed by atoms with van der Waals surface area (Å²) in [5.74, 6) is -0.857. The molecule has 0 aliphatic heterocycles. The summed E-state index contributed by atoms with van der Waals surface area (Å²) in [6.07, 6.45) is 2.08. The average Bonchev–Trinajstić information content (AvgIpc) is 2.60. The normalized spacial score (nSPS) is 24.4. The molecule has 1 unspecified atom stereocenters. The van der Waals surface area contributed by atoms with Gasteiger partial charge in [0.05, 0.1) is 5.92 Å². The molecule has 0 saturated heterocycles. The van der Waals surface area contributed by atoms with Crippen LogP contribution in [0.2, 0.25) is 0 Å². The van der Waals surface area contributed by atoms with E-state index in [0.717, 1.165) is 12.8 Å². The molecule has 0 bridgehead atoms. The van der Waals surface area contributed by atoms with E-state index in [9.17, 15) is 4.79 Å². The molecule has 0 aromatic heterocycles. The van der Waals surface area contributed by atoms with Gasteiger partial charge in [0.25, 0.3) is 0 Å². The van der Waals surface area contributed by atoms with E-state index in [2.05, 4.69) is 0 Å². The molecule has 0 spiro atoms. The molecular weight excluding hydrogens is 208 g/mol. The highest BCUT2D eigenvalue weighted by atomic mass is 16.7. The van der Waals surface area contributed by atoms with Crippen LogP contribution < -0.4 is 0 Å². The molecular formula is C12H22O4. The molecule has 0 radical (unpaired) electrons. The van der Waals surface area contributed by atoms with Crippen LogP contribution in [0.3, 0.4) is 0 Å². The van der Waals surface area contributed by atoms with Crippen LogP contribution in [0.25, 0.3) is 0 Å². The van der Waals surface area contributed by atoms with E-state index >= 15 is 0 Å². The maximum atomic E-state index is 11.8. The predicted molar refractivity (Wildman–Crippen MR) is 59.9 cm³/mol. The van der Waals surface area contributed by atoms with Gasteiger partial charge in [0.1, 0.15) is 5.60 Å². The van der Waals surface area contributed by atoms with Crippen LogP contribution in [0.15, 0.2) is 0 Å². The van der Waals surface area contributed by atoms with Gasteiger partial charge in [0, 0.05) is 27.1 Å². The molecule has 16 heavy (non-hydrogen) atoms. The zero-order valence-electron chi connectivity index (χ0n) is 10.8. The summed E-state index contributed by atoms with van der Waals surface area (Å²) in [4.78, 5) is 11.8. The highest BCUT2D eigenvalue weighted by Gasteiger charge is 2.43. The third kappa shape index (κ3) is 3.19. The van der Waals surface area contributed by atoms with E-state index < -0.39 is 11.4 Å². The first kappa shape index (κ1) is 13.5. The Labute approximate surface area is 97.2 Å². The summed E-state index contributed by atoms with van der Waals surface area (Å²) in [6.45, 7) is 5.62. The molecule has 1 fully saturated rings. The van der Waals surface area contributed by atoms with Gasteiger partial charge < -0.3 is 14.2 Å². The van der Waals surface area contributed by atoms with Gasteiger partial charge in [-0.2, -0.15) is 0 Å². The Morgan fingerprint density at radius 1 is 1.25 bits per heavy atom. The topological polar surface area (TPSA) is 44.8 Å². The van der Waals surface area contributed by atoms with E-state index in [-0.39, 0.29) is 11.9 Å². The smallest absolute Gasteiger partial charge is 0.309 e. The van der Waals surface area contributed by atoms with Gasteiger partial charge >= 0.3 is 5.97 Å². The summed E-state index contributed by atoms with van der Waals surface area (Å²) >= 11 is 0. The van der Waals surface area contributed by atoms with Crippen molar-refractivity contribution in [2.24, 2.45) is 5.92 Å². The van der Waals surface area contributed by atoms with Gasteiger partial charge in [-0.15, -0.1) is 0 Å². The summed E-state index contributed by atoms with van der Waals surface area (Å²) in [7, 11) is 3.22. The quantitative estimate of drug-likeness (QED) is 0.550. The molecule has 94 valence electrons. The minimum absolute atomic E-state index is 0.112. The standard InChI is InChI=1S/C12H22O4/c1-11(2,3)16-10(13)9-6-7-12(8-9,14-4)15-5/h9H,6-8H2,1-5H3. The fourth-order valence-electron chi connectivity index (χ4n) is 2.01. The lowest BCUT2D eigenvalue weighted by Gasteiger charge is -2.26. The third-order valence-corrected chi connectivity index (χ3v) is 2.92. The van der Waals surface area contributed by atoms with Gasteiger partial charge in [0.15, 0.2) is 5.79 Å². The average molecular weight is 230 g/mol. The predicted octanol–water partition coefficient (Wildman–Crippen LogP) is 2.12. The molecule has 1 aliphatic rings. The molecule has 4 heteroatoms. The summed E-state index contributed by atoms with van der Waals surface area (Å²) in [5, 5.41) is 0. The number of ether oxygens (including phenoxy) is 3. The van der Waals surface area contributed by atoms with Crippen LogP contribution in [-0.2, 0) is 19.0 Å². The number of hydrogen-bond donors (Lipinski definition) is 0. The van der Waals surface area contributed by atoms with Crippen molar-refractivity contribution in [3.8, 4) is 0 Å². The number of hydrogen-bond acceptors (Lipinski definition) is 4. The molecule has 0 amide bonds. The first-order valence-corrected chi connectivity index (χ1v) is 5.65. The van der Waals surface area contributed by atoms with Gasteiger partial charge in [0.2, 0.25) is 0 Å². The lowest BCUT2D eigenvalue weighted by Crippen LogP contribution is -2.32. The van der Waals surface area contributed by atoms with Crippen LogP contribution in [0.4, 0.5) is 0 Å². The van der Waals surface area contributed by atoms with Crippen molar-refractivity contribution in [2.45, 2.75) is 51.4 Å². The van der Waals surface area contributed by atoms with Crippen LogP contribution in [0.5, 0.6) is 0 Å². The molecule has 0 heterocycles. The van der Waals surface area contributed by atoms with E-state index in [1.54, 1.807) is 14.2 Å². The van der Waals surface area contributed by atoms with Gasteiger partial charge in [-0.3, -0.25) is 4.79 Å². The minimum atomic E-state index is -0.596. The molecule has 0 aromatic carbocycles. The Balaban J connectivity index is 2.56. The maximum absolute atomic E-state index is 11.8. The second-order valence-electron chi connectivity index (χ2n) is 5.29. The van der Waals surface area contributed by atoms with Crippen LogP contribution >= 0.6 is 0 Å². The Morgan fingerprint density at radius 3 is 2.19 bits per heavy atom. The summed E-state index contributed by atoms with van der Waals surface area (Å²) in [5.41, 5.74) is -0.428. The lowest BCUT2D eigenvalue weighted by atomic mass is 10.1. The zero-order chi connectivity index (χ0) is 12.4. The number of methoxy groups -OCH3 is 2. The maximum Gasteiger partial charge on any atom is 0.309 e. The molecule has 4 nitrogen and oxygen atoms in total. The van der Waals surface area contributed by atoms with E-state index in [1.165, 1.54) is 0 Å². The SMILES string of the molecule is COC1(OC)CCC(C(=O)OC(C)(C)C)C1. The Kier molecular flexibility index (Phi) is 3.97. The molecule has 0 N–H and O–H groups in total. The highest BCUT2D eigenvalue weighted by molar-refractivity contribution is 5.73. The molecule has 1 saturated carbocycles. The zero-order valence-corrected chi connectivity index (χ0v) is 10.8. The fourth-order valence-corrected chi connectivity index (χ4v) is 2.01. The first-order valence-electron chi connectivity index (χ1n) is 5.65. The van der Waals surface area contributed by atoms with Crippen molar-refractivity contribution in [1.82, 2.24) is 0 Å². The third-order valence-electron chi connectivity index (χ3n) is 2.92. The Bertz CT molecular complexity index is 250. The van der Waals surface area contributed by atoms with Crippen LogP contribution in [-0.4, -0.2) is 31.6 Å². The monoisotopic (exact) mass is 230 g/mol. The van der Waals surface area contributed by atoms with Gasteiger partial charge in [-0.1, -0.05) is 0 Å². The van der Waals surface area contributed by atoms with Gasteiger partial charge in [-0.05, 0) is 27.2 Å². The Morgan fingerprint density at radius 2 is 1.81 bits per heavy atom. The molecule has 0 aromatic rings. The molecule has 1 atom stereocenters. The van der Waals surface area contributed by atoms with Crippen LogP contribution in [0, 0.1) is 5.92 Å². The number of carbonyl (C=O) groups is 1. The minimum Gasteiger partial charge on any atom is -0.460 e. The van der Waals surface area contributed by atoms with E-state index in [4.69, 9.17) is 14.2 Å². The van der Waals surface area contributed by atoms with E-state index in [0.29, 0.717) is 6.42 Å². The van der Waals surface area contributed by atoms with Crippen LogP contribution in [0.1, 0.15) is 40.0 Å². The van der Waals surface area contributed by atoms with Crippen molar-refractivity contribution in [3.63, 3.8) is 0 Å². The summed E-state index contributed by atoms with van der Waals surface area (Å²) < 4.78 is 16.0. The van der Waals surface area contributed by atoms with E-state index in [1.807, 2.05) is 20.8 Å². The highest BCUT2D eigenvalue weighted by Crippen LogP contribution is 2.38. The number of carbonyl (C=O) groups excluding carboxylic acids is 1. The second-order valence-corrected chi connectivity index (χ2v) is 5.29. The largest absolute Gasteiger partial charge is 0.460 e. The van der Waals surface area contributed by atoms with Crippen molar-refractivity contribution < 1.29 is 19.0 Å². The second kappa shape index (κ2) is 4.72. The van der Waals surface area contributed by atoms with Crippen molar-refractivity contribution >= 4 is 5.97 Å². The number of rotatable bonds is 3. The molecule has 1 aliphatic carbocycles. The van der Waals surface area contributed by atoms with Crippen molar-refractivity contribution in [1.29, 1.82) is 0 Å². The van der Waals surface area contributed by atoms with Crippen molar-refractivity contribution in [3.05, 3.63) is 0 Å². The lowest BCUT2D eigenvalue weighted by molar-refractivity contribution is -0.204.